The van der Waals surface area contributed by atoms with Gasteiger partial charge in [0.05, 0.1) is 32.4 Å². The summed E-state index contributed by atoms with van der Waals surface area (Å²) in [5, 5.41) is 13.7. The fourth-order valence-electron chi connectivity index (χ4n) is 4.84. The topological polar surface area (TPSA) is 92.6 Å². The Bertz CT molecular complexity index is 1140. The van der Waals surface area contributed by atoms with Crippen LogP contribution in [0.4, 0.5) is 0 Å². The average molecular weight is 521 g/mol. The minimum atomic E-state index is -0.751. The molecule has 4 rings (SSSR count). The number of likely N-dealkylation sites (tertiary alicyclic amines) is 1. The summed E-state index contributed by atoms with van der Waals surface area (Å²) in [5.41, 5.74) is 1.02. The number of nitrogens with one attached hydrogen (secondary N) is 1. The Morgan fingerprint density at radius 3 is 2.39 bits per heavy atom. The highest BCUT2D eigenvalue weighted by atomic mass is 16.5. The number of morpholine rings is 1. The third kappa shape index (κ3) is 6.44. The zero-order valence-corrected chi connectivity index (χ0v) is 21.9. The molecule has 8 nitrogen and oxygen atoms in total. The van der Waals surface area contributed by atoms with Crippen LogP contribution in [0.3, 0.4) is 0 Å². The Labute approximate surface area is 224 Å². The van der Waals surface area contributed by atoms with Crippen LogP contribution in [-0.2, 0) is 14.3 Å². The largest absolute Gasteiger partial charge is 0.872 e. The maximum atomic E-state index is 13.7. The van der Waals surface area contributed by atoms with Gasteiger partial charge in [0.2, 0.25) is 5.78 Å². The van der Waals surface area contributed by atoms with Crippen LogP contribution in [0.15, 0.2) is 66.8 Å². The first-order chi connectivity index (χ1) is 18.5. The molecule has 1 N–H and O–H groups in total. The zero-order chi connectivity index (χ0) is 26.9. The summed E-state index contributed by atoms with van der Waals surface area (Å²) >= 11 is 0. The van der Waals surface area contributed by atoms with Gasteiger partial charge in [-0.1, -0.05) is 49.6 Å². The van der Waals surface area contributed by atoms with Gasteiger partial charge in [-0.3, -0.25) is 9.59 Å². The van der Waals surface area contributed by atoms with E-state index in [1.165, 1.54) is 4.90 Å². The Kier molecular flexibility index (Phi) is 9.56. The van der Waals surface area contributed by atoms with E-state index < -0.39 is 23.5 Å². The molecule has 38 heavy (non-hydrogen) atoms. The summed E-state index contributed by atoms with van der Waals surface area (Å²) in [5.74, 6) is -0.524. The van der Waals surface area contributed by atoms with Gasteiger partial charge in [-0.25, -0.2) is 0 Å². The minimum Gasteiger partial charge on any atom is -0.872 e. The molecule has 0 bridgehead atoms. The molecule has 1 unspecified atom stereocenters. The van der Waals surface area contributed by atoms with E-state index in [1.807, 2.05) is 31.2 Å². The van der Waals surface area contributed by atoms with E-state index >= 15 is 0 Å². The van der Waals surface area contributed by atoms with Crippen molar-refractivity contribution in [3.8, 4) is 11.5 Å². The number of carbonyl (C=O) groups is 2. The van der Waals surface area contributed by atoms with Crippen molar-refractivity contribution in [3.05, 3.63) is 77.9 Å². The van der Waals surface area contributed by atoms with Crippen molar-refractivity contribution in [2.75, 3.05) is 52.6 Å². The lowest BCUT2D eigenvalue weighted by Gasteiger charge is -2.29. The number of ether oxygens (including phenoxy) is 3. The van der Waals surface area contributed by atoms with Crippen LogP contribution >= 0.6 is 0 Å². The number of Topliss-reactive ketones (excluding diaryl/α,β-unsaturated/α-hetero) is 1. The van der Waals surface area contributed by atoms with Crippen molar-refractivity contribution in [1.29, 1.82) is 0 Å². The molecular weight excluding hydrogens is 484 g/mol. The molecule has 0 aromatic heterocycles. The number of hydrogen-bond acceptors (Lipinski definition) is 6. The molecule has 2 aromatic rings. The van der Waals surface area contributed by atoms with E-state index in [0.29, 0.717) is 42.4 Å². The van der Waals surface area contributed by atoms with Crippen molar-refractivity contribution < 1.29 is 33.8 Å². The molecule has 1 amide bonds. The van der Waals surface area contributed by atoms with Gasteiger partial charge in [-0.15, -0.1) is 0 Å². The number of hydrogen-bond donors (Lipinski definition) is 1. The monoisotopic (exact) mass is 520 g/mol. The molecule has 2 fully saturated rings. The molecule has 0 radical (unpaired) electrons. The van der Waals surface area contributed by atoms with Gasteiger partial charge in [0.15, 0.2) is 0 Å². The number of rotatable bonds is 12. The molecule has 2 aliphatic heterocycles. The highest BCUT2D eigenvalue weighted by Gasteiger charge is 2.44. The van der Waals surface area contributed by atoms with E-state index in [-0.39, 0.29) is 5.57 Å². The molecule has 2 aromatic carbocycles. The highest BCUT2D eigenvalue weighted by Crippen LogP contribution is 2.39. The average Bonchev–Trinajstić information content (AvgIpc) is 3.21. The predicted octanol–water partition coefficient (Wildman–Crippen LogP) is 1.57. The molecule has 2 aliphatic rings. The molecule has 2 saturated heterocycles. The zero-order valence-electron chi connectivity index (χ0n) is 21.9. The maximum Gasteiger partial charge on any atom is 0.295 e. The first kappa shape index (κ1) is 27.4. The lowest BCUT2D eigenvalue weighted by atomic mass is 9.95. The second-order valence-corrected chi connectivity index (χ2v) is 9.48. The normalized spacial score (nSPS) is 19.5. The van der Waals surface area contributed by atoms with Crippen molar-refractivity contribution in [1.82, 2.24) is 4.90 Å². The van der Waals surface area contributed by atoms with Gasteiger partial charge < -0.3 is 29.1 Å². The SMILES string of the molecule is C=CCOc1ccc(/C([O-])=C2\C(=O)C(=O)N(CCC[NH+]3CCOCC3)C2c2ccc(OCCC)cc2)cc1. The molecule has 2 heterocycles. The molecule has 8 heteroatoms. The number of ketones is 1. The maximum absolute atomic E-state index is 13.7. The van der Waals surface area contributed by atoms with Crippen molar-refractivity contribution in [2.45, 2.75) is 25.8 Å². The summed E-state index contributed by atoms with van der Waals surface area (Å²) in [6.07, 6.45) is 3.24. The third-order valence-electron chi connectivity index (χ3n) is 6.81. The summed E-state index contributed by atoms with van der Waals surface area (Å²) in [7, 11) is 0. The lowest BCUT2D eigenvalue weighted by molar-refractivity contribution is -0.908. The second-order valence-electron chi connectivity index (χ2n) is 9.48. The molecular formula is C30H36N2O6. The number of benzene rings is 2. The summed E-state index contributed by atoms with van der Waals surface area (Å²) in [4.78, 5) is 29.5. The van der Waals surface area contributed by atoms with Crippen LogP contribution in [0, 0.1) is 0 Å². The van der Waals surface area contributed by atoms with E-state index in [1.54, 1.807) is 35.2 Å². The Hall–Kier alpha value is -3.62. The second kappa shape index (κ2) is 13.3. The van der Waals surface area contributed by atoms with E-state index in [0.717, 1.165) is 45.7 Å². The quantitative estimate of drug-likeness (QED) is 0.198. The van der Waals surface area contributed by atoms with Crippen molar-refractivity contribution in [3.63, 3.8) is 0 Å². The minimum absolute atomic E-state index is 0.0179. The third-order valence-corrected chi connectivity index (χ3v) is 6.81. The molecule has 0 aliphatic carbocycles. The smallest absolute Gasteiger partial charge is 0.295 e. The first-order valence-electron chi connectivity index (χ1n) is 13.3. The Morgan fingerprint density at radius 2 is 1.74 bits per heavy atom. The fraction of sp³-hybridized carbons (Fsp3) is 0.400. The standard InChI is InChI=1S/C30H36N2O6/c1-3-18-37-24-10-6-22(7-11-24)27-26(28(33)23-8-12-25(13-9-23)38-19-4-2)29(34)30(35)32(27)15-5-14-31-16-20-36-21-17-31/h4,6-13,27,33H,2-3,5,14-21H2,1H3/b28-26+. The Balaban J connectivity index is 1.63. The van der Waals surface area contributed by atoms with Gasteiger partial charge in [0.25, 0.3) is 5.91 Å². The number of quaternary nitrogens is 1. The van der Waals surface area contributed by atoms with Crippen LogP contribution in [0.5, 0.6) is 11.5 Å². The Morgan fingerprint density at radius 1 is 1.08 bits per heavy atom. The van der Waals surface area contributed by atoms with Gasteiger partial charge in [-0.05, 0) is 41.8 Å². The first-order valence-corrected chi connectivity index (χ1v) is 13.3. The summed E-state index contributed by atoms with van der Waals surface area (Å²) < 4.78 is 16.6. The molecule has 1 atom stereocenters. The molecule has 202 valence electrons. The van der Waals surface area contributed by atoms with Crippen LogP contribution in [0.25, 0.3) is 5.76 Å². The molecule has 0 spiro atoms. The van der Waals surface area contributed by atoms with Crippen molar-refractivity contribution in [2.24, 2.45) is 0 Å². The van der Waals surface area contributed by atoms with Crippen LogP contribution < -0.4 is 19.5 Å². The number of amides is 1. The van der Waals surface area contributed by atoms with E-state index in [9.17, 15) is 14.7 Å². The highest BCUT2D eigenvalue weighted by molar-refractivity contribution is 6.46. The van der Waals surface area contributed by atoms with Crippen LogP contribution in [0.2, 0.25) is 0 Å². The summed E-state index contributed by atoms with van der Waals surface area (Å²) in [6, 6.07) is 13.2. The molecule has 0 saturated carbocycles. The van der Waals surface area contributed by atoms with Crippen LogP contribution in [-0.4, -0.2) is 69.2 Å². The van der Waals surface area contributed by atoms with Gasteiger partial charge in [-0.2, -0.15) is 0 Å². The fourth-order valence-corrected chi connectivity index (χ4v) is 4.84. The van der Waals surface area contributed by atoms with Crippen molar-refractivity contribution >= 4 is 17.4 Å². The van der Waals surface area contributed by atoms with Gasteiger partial charge in [0.1, 0.15) is 31.2 Å². The van der Waals surface area contributed by atoms with E-state index in [2.05, 4.69) is 6.58 Å². The number of carbonyl (C=O) groups excluding carboxylic acids is 2. The van der Waals surface area contributed by atoms with Crippen LogP contribution in [0.1, 0.15) is 36.9 Å². The lowest BCUT2D eigenvalue weighted by Crippen LogP contribution is -3.14. The van der Waals surface area contributed by atoms with E-state index in [4.69, 9.17) is 14.2 Å². The van der Waals surface area contributed by atoms with Gasteiger partial charge in [0, 0.05) is 18.5 Å². The number of nitrogens with zero attached hydrogens (tertiary/aromatic N) is 1. The van der Waals surface area contributed by atoms with Gasteiger partial charge >= 0.3 is 0 Å². The predicted molar refractivity (Wildman–Crippen MR) is 142 cm³/mol. The summed E-state index contributed by atoms with van der Waals surface area (Å²) in [6.45, 7) is 11.2.